The van der Waals surface area contributed by atoms with Gasteiger partial charge in [-0.2, -0.15) is 5.10 Å². The normalized spacial score (nSPS) is 11.7. The zero-order valence-corrected chi connectivity index (χ0v) is 13.7. The molecule has 20 heavy (non-hydrogen) atoms. The lowest BCUT2D eigenvalue weighted by Gasteiger charge is -2.20. The molecule has 1 aromatic rings. The smallest absolute Gasteiger partial charge is 0.236 e. The lowest BCUT2D eigenvalue weighted by Crippen LogP contribution is -2.37. The predicted molar refractivity (Wildman–Crippen MR) is 81.5 cm³/mol. The average Bonchev–Trinajstić information content (AvgIpc) is 2.72. The van der Waals surface area contributed by atoms with Gasteiger partial charge in [0.2, 0.25) is 5.91 Å². The Balaban J connectivity index is 2.61. The fourth-order valence-electron chi connectivity index (χ4n) is 2.29. The Bertz CT molecular complexity index is 441. The molecule has 0 aromatic carbocycles. The topological polar surface area (TPSA) is 50.2 Å². The highest BCUT2D eigenvalue weighted by Crippen LogP contribution is 2.23. The van der Waals surface area contributed by atoms with E-state index in [1.165, 1.54) is 0 Å². The number of amides is 1. The Morgan fingerprint density at radius 1 is 1.35 bits per heavy atom. The zero-order chi connectivity index (χ0) is 15.3. The molecule has 0 atom stereocenters. The monoisotopic (exact) mass is 280 g/mol. The predicted octanol–water partition coefficient (Wildman–Crippen LogP) is 1.68. The first-order chi connectivity index (χ1) is 9.29. The Hall–Kier alpha value is -1.36. The number of aryl methyl sites for hydroxylation is 1. The number of nitrogens with one attached hydrogen (secondary N) is 1. The summed E-state index contributed by atoms with van der Waals surface area (Å²) in [6.45, 7) is 13.0. The van der Waals surface area contributed by atoms with Crippen LogP contribution in [0.1, 0.15) is 45.9 Å². The van der Waals surface area contributed by atoms with Gasteiger partial charge < -0.3 is 10.2 Å². The van der Waals surface area contributed by atoms with Gasteiger partial charge in [0.25, 0.3) is 0 Å². The van der Waals surface area contributed by atoms with E-state index in [1.54, 1.807) is 0 Å². The van der Waals surface area contributed by atoms with Crippen molar-refractivity contribution in [1.29, 1.82) is 0 Å². The van der Waals surface area contributed by atoms with Crippen LogP contribution in [0.15, 0.2) is 6.20 Å². The quantitative estimate of drug-likeness (QED) is 0.862. The maximum absolute atomic E-state index is 11.9. The summed E-state index contributed by atoms with van der Waals surface area (Å²) in [4.78, 5) is 13.8. The number of hydrogen-bond donors (Lipinski definition) is 1. The van der Waals surface area contributed by atoms with Crippen molar-refractivity contribution in [3.63, 3.8) is 0 Å². The van der Waals surface area contributed by atoms with E-state index in [-0.39, 0.29) is 11.3 Å². The highest BCUT2D eigenvalue weighted by Gasteiger charge is 2.21. The number of aromatic nitrogens is 2. The molecule has 1 aromatic heterocycles. The molecule has 114 valence electrons. The first-order valence-corrected chi connectivity index (χ1v) is 7.31. The maximum Gasteiger partial charge on any atom is 0.236 e. The molecule has 1 amide bonds. The van der Waals surface area contributed by atoms with Gasteiger partial charge in [0.1, 0.15) is 0 Å². The molecule has 5 heteroatoms. The van der Waals surface area contributed by atoms with E-state index in [0.29, 0.717) is 13.1 Å². The summed E-state index contributed by atoms with van der Waals surface area (Å²) in [5, 5.41) is 7.76. The van der Waals surface area contributed by atoms with Gasteiger partial charge >= 0.3 is 0 Å². The van der Waals surface area contributed by atoms with Gasteiger partial charge in [-0.1, -0.05) is 20.8 Å². The molecule has 0 aliphatic heterocycles. The average molecular weight is 280 g/mol. The Labute approximate surface area is 122 Å². The minimum absolute atomic E-state index is 0.0150. The lowest BCUT2D eigenvalue weighted by molar-refractivity contribution is -0.129. The number of likely N-dealkylation sites (N-methyl/N-ethyl adjacent to an activating group) is 1. The third-order valence-corrected chi connectivity index (χ3v) is 3.32. The van der Waals surface area contributed by atoms with Crippen LogP contribution in [-0.2, 0) is 23.8 Å². The van der Waals surface area contributed by atoms with Crippen LogP contribution >= 0.6 is 0 Å². The van der Waals surface area contributed by atoms with E-state index in [9.17, 15) is 4.79 Å². The first kappa shape index (κ1) is 16.7. The molecule has 1 N–H and O–H groups in total. The van der Waals surface area contributed by atoms with Gasteiger partial charge in [-0.3, -0.25) is 9.48 Å². The van der Waals surface area contributed by atoms with E-state index < -0.39 is 0 Å². The van der Waals surface area contributed by atoms with Crippen LogP contribution in [0, 0.1) is 0 Å². The summed E-state index contributed by atoms with van der Waals surface area (Å²) in [6.07, 6.45) is 2.02. The van der Waals surface area contributed by atoms with Crippen molar-refractivity contribution < 1.29 is 4.79 Å². The van der Waals surface area contributed by atoms with Crippen LogP contribution in [0.4, 0.5) is 0 Å². The Kier molecular flexibility index (Phi) is 5.74. The molecule has 0 bridgehead atoms. The summed E-state index contributed by atoms with van der Waals surface area (Å²) in [5.74, 6) is 0.149. The second kappa shape index (κ2) is 6.88. The van der Waals surface area contributed by atoms with E-state index in [1.807, 2.05) is 36.7 Å². The van der Waals surface area contributed by atoms with Gasteiger partial charge in [0.05, 0.1) is 12.2 Å². The molecule has 0 saturated carbocycles. The molecular formula is C15H28N4O. The minimum Gasteiger partial charge on any atom is -0.342 e. The molecule has 0 aliphatic rings. The van der Waals surface area contributed by atoms with Crippen molar-refractivity contribution in [2.45, 2.75) is 46.6 Å². The number of rotatable bonds is 6. The second-order valence-corrected chi connectivity index (χ2v) is 6.10. The third kappa shape index (κ3) is 4.34. The molecule has 0 unspecified atom stereocenters. The van der Waals surface area contributed by atoms with Crippen LogP contribution in [-0.4, -0.2) is 40.2 Å². The van der Waals surface area contributed by atoms with Crippen molar-refractivity contribution >= 4 is 5.91 Å². The molecule has 5 nitrogen and oxygen atoms in total. The van der Waals surface area contributed by atoms with Crippen LogP contribution in [0.5, 0.6) is 0 Å². The molecular weight excluding hydrogens is 252 g/mol. The van der Waals surface area contributed by atoms with Crippen molar-refractivity contribution in [2.24, 2.45) is 7.05 Å². The molecule has 0 aliphatic carbocycles. The summed E-state index contributed by atoms with van der Waals surface area (Å²) in [6, 6.07) is 0. The van der Waals surface area contributed by atoms with E-state index in [2.05, 4.69) is 31.2 Å². The summed E-state index contributed by atoms with van der Waals surface area (Å²) < 4.78 is 1.84. The molecule has 1 heterocycles. The molecule has 0 radical (unpaired) electrons. The van der Waals surface area contributed by atoms with Gasteiger partial charge in [0.15, 0.2) is 0 Å². The number of nitrogens with zero attached hydrogens (tertiary/aromatic N) is 3. The van der Waals surface area contributed by atoms with Crippen LogP contribution < -0.4 is 5.32 Å². The number of carbonyl (C=O) groups is 1. The van der Waals surface area contributed by atoms with Crippen LogP contribution in [0.3, 0.4) is 0 Å². The Morgan fingerprint density at radius 3 is 2.45 bits per heavy atom. The van der Waals surface area contributed by atoms with Crippen molar-refractivity contribution in [3.8, 4) is 0 Å². The summed E-state index contributed by atoms with van der Waals surface area (Å²) in [5.41, 5.74) is 2.26. The van der Waals surface area contributed by atoms with Crippen LogP contribution in [0.25, 0.3) is 0 Å². The highest BCUT2D eigenvalue weighted by atomic mass is 16.2. The lowest BCUT2D eigenvalue weighted by atomic mass is 9.89. The summed E-state index contributed by atoms with van der Waals surface area (Å²) in [7, 11) is 1.93. The maximum atomic E-state index is 11.9. The number of carbonyl (C=O) groups excluding carboxylic acids is 1. The van der Waals surface area contributed by atoms with Gasteiger partial charge in [-0.05, 0) is 13.8 Å². The fraction of sp³-hybridized carbons (Fsp3) is 0.733. The number of hydrogen-bond acceptors (Lipinski definition) is 3. The summed E-state index contributed by atoms with van der Waals surface area (Å²) >= 11 is 0. The fourth-order valence-corrected chi connectivity index (χ4v) is 2.29. The van der Waals surface area contributed by atoms with Crippen molar-refractivity contribution in [2.75, 3.05) is 19.6 Å². The van der Waals surface area contributed by atoms with Gasteiger partial charge in [-0.25, -0.2) is 0 Å². The highest BCUT2D eigenvalue weighted by molar-refractivity contribution is 5.78. The largest absolute Gasteiger partial charge is 0.342 e. The SMILES string of the molecule is CCN(CC)C(=O)CNCc1cn(C)nc1C(C)(C)C. The molecule has 0 saturated heterocycles. The van der Waals surface area contributed by atoms with Crippen LogP contribution in [0.2, 0.25) is 0 Å². The van der Waals surface area contributed by atoms with Crippen molar-refractivity contribution in [3.05, 3.63) is 17.5 Å². The van der Waals surface area contributed by atoms with Gasteiger partial charge in [-0.15, -0.1) is 0 Å². The van der Waals surface area contributed by atoms with E-state index >= 15 is 0 Å². The molecule has 0 spiro atoms. The van der Waals surface area contributed by atoms with E-state index in [0.717, 1.165) is 24.3 Å². The van der Waals surface area contributed by atoms with Gasteiger partial charge in [0, 0.05) is 43.9 Å². The molecule has 0 fully saturated rings. The second-order valence-electron chi connectivity index (χ2n) is 6.10. The third-order valence-electron chi connectivity index (χ3n) is 3.32. The van der Waals surface area contributed by atoms with Crippen molar-refractivity contribution in [1.82, 2.24) is 20.0 Å². The van der Waals surface area contributed by atoms with E-state index in [4.69, 9.17) is 0 Å². The minimum atomic E-state index is 0.0150. The standard InChI is InChI=1S/C15H28N4O/c1-7-19(8-2)13(20)10-16-9-12-11-18(6)17-14(12)15(3,4)5/h11,16H,7-10H2,1-6H3. The Morgan fingerprint density at radius 2 is 1.95 bits per heavy atom. The zero-order valence-electron chi connectivity index (χ0n) is 13.7. The first-order valence-electron chi connectivity index (χ1n) is 7.31. The molecule has 1 rings (SSSR count).